The zero-order valence-electron chi connectivity index (χ0n) is 12.7. The van der Waals surface area contributed by atoms with Crippen LogP contribution in [0.2, 0.25) is 0 Å². The van der Waals surface area contributed by atoms with Crippen LogP contribution in [0.25, 0.3) is 0 Å². The molecule has 3 heteroatoms. The molecule has 0 spiro atoms. The van der Waals surface area contributed by atoms with Crippen LogP contribution in [0.3, 0.4) is 0 Å². The maximum Gasteiger partial charge on any atom is 0.0425 e. The number of nitrogens with zero attached hydrogens (tertiary/aromatic N) is 1. The predicted octanol–water partition coefficient (Wildman–Crippen LogP) is 4.57. The number of hydrogen-bond acceptors (Lipinski definition) is 2. The first-order chi connectivity index (χ1) is 9.10. The van der Waals surface area contributed by atoms with Gasteiger partial charge in [0.25, 0.3) is 0 Å². The smallest absolute Gasteiger partial charge is 0.0425 e. The normalized spacial score (nSPS) is 11.1. The van der Waals surface area contributed by atoms with E-state index in [-0.39, 0.29) is 0 Å². The molecule has 0 bridgehead atoms. The van der Waals surface area contributed by atoms with Gasteiger partial charge < -0.3 is 10.2 Å². The van der Waals surface area contributed by atoms with Gasteiger partial charge in [0.05, 0.1) is 0 Å². The summed E-state index contributed by atoms with van der Waals surface area (Å²) in [5.41, 5.74) is 2.74. The van der Waals surface area contributed by atoms with Gasteiger partial charge in [-0.1, -0.05) is 35.8 Å². The molecule has 1 aromatic carbocycles. The monoisotopic (exact) mass is 326 g/mol. The first kappa shape index (κ1) is 16.5. The Balaban J connectivity index is 2.96. The molecule has 0 atom stereocenters. The predicted molar refractivity (Wildman–Crippen MR) is 88.9 cm³/mol. The molecule has 0 aromatic heterocycles. The van der Waals surface area contributed by atoms with Gasteiger partial charge in [0.1, 0.15) is 0 Å². The Morgan fingerprint density at radius 3 is 2.53 bits per heavy atom. The highest BCUT2D eigenvalue weighted by Gasteiger charge is 2.14. The lowest BCUT2D eigenvalue weighted by molar-refractivity contribution is 0.648. The van der Waals surface area contributed by atoms with Crippen molar-refractivity contribution >= 4 is 21.6 Å². The van der Waals surface area contributed by atoms with E-state index in [4.69, 9.17) is 0 Å². The van der Waals surface area contributed by atoms with Crippen LogP contribution in [0, 0.1) is 0 Å². The number of nitrogens with one attached hydrogen (secondary N) is 1. The Hall–Kier alpha value is -0.540. The number of hydrogen-bond donors (Lipinski definition) is 1. The van der Waals surface area contributed by atoms with Gasteiger partial charge in [0.2, 0.25) is 0 Å². The first-order valence-electron chi connectivity index (χ1n) is 7.35. The zero-order valence-corrected chi connectivity index (χ0v) is 14.3. The zero-order chi connectivity index (χ0) is 14.3. The molecule has 0 aliphatic heterocycles. The summed E-state index contributed by atoms with van der Waals surface area (Å²) in [4.78, 5) is 2.49. The van der Waals surface area contributed by atoms with E-state index in [1.165, 1.54) is 24.1 Å². The summed E-state index contributed by atoms with van der Waals surface area (Å²) in [6, 6.07) is 7.14. The largest absolute Gasteiger partial charge is 0.369 e. The standard InChI is InChI=1S/C16H27BrN2/c1-5-9-18-12-14-7-8-15(17)11-16(14)19(10-6-2)13(3)4/h7-8,11,13,18H,5-6,9-10,12H2,1-4H3. The van der Waals surface area contributed by atoms with Gasteiger partial charge in [-0.2, -0.15) is 0 Å². The fourth-order valence-electron chi connectivity index (χ4n) is 2.25. The van der Waals surface area contributed by atoms with Gasteiger partial charge in [-0.3, -0.25) is 0 Å². The van der Waals surface area contributed by atoms with Crippen LogP contribution >= 0.6 is 15.9 Å². The van der Waals surface area contributed by atoms with Gasteiger partial charge in [-0.05, 0) is 50.9 Å². The summed E-state index contributed by atoms with van der Waals surface area (Å²) < 4.78 is 1.16. The second-order valence-corrected chi connectivity index (χ2v) is 6.15. The summed E-state index contributed by atoms with van der Waals surface area (Å²) >= 11 is 3.60. The Labute approximate surface area is 126 Å². The maximum atomic E-state index is 3.60. The molecule has 108 valence electrons. The molecule has 0 saturated heterocycles. The molecule has 1 aromatic rings. The summed E-state index contributed by atoms with van der Waals surface area (Å²) in [6.07, 6.45) is 2.35. The SMILES string of the molecule is CCCNCc1ccc(Br)cc1N(CCC)C(C)C. The third-order valence-electron chi connectivity index (χ3n) is 3.19. The third-order valence-corrected chi connectivity index (χ3v) is 3.68. The summed E-state index contributed by atoms with van der Waals surface area (Å²) in [5.74, 6) is 0. The van der Waals surface area contributed by atoms with E-state index in [1.807, 2.05) is 0 Å². The van der Waals surface area contributed by atoms with Gasteiger partial charge in [-0.25, -0.2) is 0 Å². The molecule has 1 N–H and O–H groups in total. The van der Waals surface area contributed by atoms with E-state index in [9.17, 15) is 0 Å². The van der Waals surface area contributed by atoms with Crippen molar-refractivity contribution in [2.45, 2.75) is 53.1 Å². The molecule has 0 aliphatic carbocycles. The number of benzene rings is 1. The van der Waals surface area contributed by atoms with Gasteiger partial charge in [0.15, 0.2) is 0 Å². The van der Waals surface area contributed by atoms with Crippen molar-refractivity contribution in [2.75, 3.05) is 18.0 Å². The van der Waals surface area contributed by atoms with Crippen LogP contribution in [-0.4, -0.2) is 19.1 Å². The Morgan fingerprint density at radius 1 is 1.21 bits per heavy atom. The van der Waals surface area contributed by atoms with E-state index < -0.39 is 0 Å². The molecule has 0 radical (unpaired) electrons. The van der Waals surface area contributed by atoms with Crippen molar-refractivity contribution in [1.82, 2.24) is 5.32 Å². The van der Waals surface area contributed by atoms with Crippen molar-refractivity contribution in [3.63, 3.8) is 0 Å². The molecule has 0 unspecified atom stereocenters. The Morgan fingerprint density at radius 2 is 1.95 bits per heavy atom. The molecule has 0 saturated carbocycles. The van der Waals surface area contributed by atoms with Crippen LogP contribution in [0.15, 0.2) is 22.7 Å². The molecule has 0 amide bonds. The highest BCUT2D eigenvalue weighted by atomic mass is 79.9. The molecule has 0 aliphatic rings. The Bertz CT molecular complexity index is 377. The van der Waals surface area contributed by atoms with E-state index in [0.717, 1.165) is 24.1 Å². The molecule has 0 heterocycles. The van der Waals surface area contributed by atoms with Crippen LogP contribution in [0.4, 0.5) is 5.69 Å². The third kappa shape index (κ3) is 5.15. The molecule has 1 rings (SSSR count). The molecular formula is C16H27BrN2. The fourth-order valence-corrected chi connectivity index (χ4v) is 2.60. The minimum Gasteiger partial charge on any atom is -0.369 e. The number of halogens is 1. The van der Waals surface area contributed by atoms with Crippen molar-refractivity contribution in [3.05, 3.63) is 28.2 Å². The van der Waals surface area contributed by atoms with Crippen molar-refractivity contribution in [1.29, 1.82) is 0 Å². The highest BCUT2D eigenvalue weighted by molar-refractivity contribution is 9.10. The lowest BCUT2D eigenvalue weighted by Gasteiger charge is -2.31. The van der Waals surface area contributed by atoms with E-state index in [1.54, 1.807) is 0 Å². The van der Waals surface area contributed by atoms with Crippen LogP contribution < -0.4 is 10.2 Å². The quantitative estimate of drug-likeness (QED) is 0.704. The van der Waals surface area contributed by atoms with Crippen molar-refractivity contribution in [3.8, 4) is 0 Å². The first-order valence-corrected chi connectivity index (χ1v) is 8.15. The minimum atomic E-state index is 0.527. The average molecular weight is 327 g/mol. The topological polar surface area (TPSA) is 15.3 Å². The number of anilines is 1. The molecule has 19 heavy (non-hydrogen) atoms. The van der Waals surface area contributed by atoms with Gasteiger partial charge >= 0.3 is 0 Å². The second-order valence-electron chi connectivity index (χ2n) is 5.24. The molecule has 0 fully saturated rings. The Kier molecular flexibility index (Phi) is 7.47. The van der Waals surface area contributed by atoms with Crippen LogP contribution in [0.1, 0.15) is 46.1 Å². The van der Waals surface area contributed by atoms with E-state index in [0.29, 0.717) is 6.04 Å². The van der Waals surface area contributed by atoms with Crippen LogP contribution in [0.5, 0.6) is 0 Å². The lowest BCUT2D eigenvalue weighted by Crippen LogP contribution is -2.32. The maximum absolute atomic E-state index is 3.60. The van der Waals surface area contributed by atoms with Gasteiger partial charge in [-0.15, -0.1) is 0 Å². The molecular weight excluding hydrogens is 300 g/mol. The van der Waals surface area contributed by atoms with E-state index in [2.05, 4.69) is 72.0 Å². The van der Waals surface area contributed by atoms with Crippen LogP contribution in [-0.2, 0) is 6.54 Å². The van der Waals surface area contributed by atoms with Crippen molar-refractivity contribution < 1.29 is 0 Å². The highest BCUT2D eigenvalue weighted by Crippen LogP contribution is 2.27. The minimum absolute atomic E-state index is 0.527. The number of rotatable bonds is 8. The summed E-state index contributed by atoms with van der Waals surface area (Å²) in [5, 5.41) is 3.51. The summed E-state index contributed by atoms with van der Waals surface area (Å²) in [7, 11) is 0. The lowest BCUT2D eigenvalue weighted by atomic mass is 10.1. The molecule has 2 nitrogen and oxygen atoms in total. The van der Waals surface area contributed by atoms with E-state index >= 15 is 0 Å². The summed E-state index contributed by atoms with van der Waals surface area (Å²) in [6.45, 7) is 12.1. The van der Waals surface area contributed by atoms with Crippen molar-refractivity contribution in [2.24, 2.45) is 0 Å². The average Bonchev–Trinajstić information content (AvgIpc) is 2.37. The van der Waals surface area contributed by atoms with Gasteiger partial charge in [0, 0.05) is 29.3 Å². The second kappa shape index (κ2) is 8.60. The fraction of sp³-hybridized carbons (Fsp3) is 0.625.